The SMILES string of the molecule is CNC(=O)c1c(-c2ccc(F)cc2)oc2cc(N3CCCC3=O)c(B3OC(C)(C)C(C)(C)O3)cc12. The van der Waals surface area contributed by atoms with Gasteiger partial charge in [0.15, 0.2) is 0 Å². The fourth-order valence-corrected chi connectivity index (χ4v) is 4.60. The van der Waals surface area contributed by atoms with E-state index in [9.17, 15) is 14.0 Å². The Morgan fingerprint density at radius 3 is 2.31 bits per heavy atom. The number of nitrogens with zero attached hydrogens (tertiary/aromatic N) is 1. The summed E-state index contributed by atoms with van der Waals surface area (Å²) in [5.74, 6) is -0.389. The van der Waals surface area contributed by atoms with Crippen LogP contribution in [0.2, 0.25) is 0 Å². The number of halogens is 1. The lowest BCUT2D eigenvalue weighted by Gasteiger charge is -2.32. The molecule has 1 N–H and O–H groups in total. The maximum absolute atomic E-state index is 13.6. The number of amides is 2. The number of nitrogens with one attached hydrogen (secondary N) is 1. The number of hydrogen-bond acceptors (Lipinski definition) is 5. The van der Waals surface area contributed by atoms with Crippen LogP contribution in [0, 0.1) is 5.82 Å². The van der Waals surface area contributed by atoms with E-state index < -0.39 is 18.3 Å². The van der Waals surface area contributed by atoms with E-state index in [2.05, 4.69) is 5.32 Å². The molecule has 3 heterocycles. The van der Waals surface area contributed by atoms with Crippen molar-refractivity contribution in [2.75, 3.05) is 18.5 Å². The van der Waals surface area contributed by atoms with Crippen LogP contribution in [0.5, 0.6) is 0 Å². The summed E-state index contributed by atoms with van der Waals surface area (Å²) in [6.45, 7) is 8.43. The van der Waals surface area contributed by atoms with Crippen molar-refractivity contribution in [3.8, 4) is 11.3 Å². The van der Waals surface area contributed by atoms with Crippen LogP contribution < -0.4 is 15.7 Å². The molecular weight excluding hydrogens is 450 g/mol. The maximum Gasteiger partial charge on any atom is 0.497 e. The molecule has 2 aliphatic heterocycles. The van der Waals surface area contributed by atoms with Gasteiger partial charge in [0.2, 0.25) is 5.91 Å². The molecule has 0 spiro atoms. The molecule has 2 aliphatic rings. The molecule has 182 valence electrons. The number of fused-ring (bicyclic) bond motifs is 1. The van der Waals surface area contributed by atoms with Gasteiger partial charge in [0.05, 0.1) is 16.8 Å². The fourth-order valence-electron chi connectivity index (χ4n) is 4.60. The van der Waals surface area contributed by atoms with Crippen LogP contribution in [0.15, 0.2) is 40.8 Å². The van der Waals surface area contributed by atoms with Gasteiger partial charge < -0.3 is 23.9 Å². The number of anilines is 1. The molecule has 0 bridgehead atoms. The van der Waals surface area contributed by atoms with Crippen molar-refractivity contribution in [2.45, 2.75) is 51.7 Å². The number of carbonyl (C=O) groups excluding carboxylic acids is 2. The summed E-state index contributed by atoms with van der Waals surface area (Å²) in [6, 6.07) is 9.37. The van der Waals surface area contributed by atoms with Gasteiger partial charge in [-0.3, -0.25) is 9.59 Å². The molecule has 0 unspecified atom stereocenters. The second-order valence-electron chi connectivity index (χ2n) is 10.0. The summed E-state index contributed by atoms with van der Waals surface area (Å²) in [6.07, 6.45) is 1.21. The summed E-state index contributed by atoms with van der Waals surface area (Å²) in [5.41, 5.74) is 1.46. The van der Waals surface area contributed by atoms with Gasteiger partial charge >= 0.3 is 7.12 Å². The van der Waals surface area contributed by atoms with Gasteiger partial charge in [0.1, 0.15) is 17.2 Å². The molecule has 9 heteroatoms. The molecule has 2 amide bonds. The Bertz CT molecular complexity index is 1320. The van der Waals surface area contributed by atoms with Gasteiger partial charge in [0.25, 0.3) is 5.91 Å². The van der Waals surface area contributed by atoms with Crippen molar-refractivity contribution in [2.24, 2.45) is 0 Å². The first-order valence-corrected chi connectivity index (χ1v) is 11.8. The van der Waals surface area contributed by atoms with E-state index in [1.807, 2.05) is 33.8 Å². The number of carbonyl (C=O) groups is 2. The Morgan fingerprint density at radius 1 is 1.09 bits per heavy atom. The van der Waals surface area contributed by atoms with E-state index in [0.717, 1.165) is 6.42 Å². The summed E-state index contributed by atoms with van der Waals surface area (Å²) in [4.78, 5) is 27.5. The minimum Gasteiger partial charge on any atom is -0.455 e. The molecule has 2 saturated heterocycles. The van der Waals surface area contributed by atoms with Crippen LogP contribution in [-0.4, -0.2) is 43.7 Å². The maximum atomic E-state index is 13.6. The lowest BCUT2D eigenvalue weighted by atomic mass is 9.76. The molecule has 0 saturated carbocycles. The Morgan fingerprint density at radius 2 is 1.74 bits per heavy atom. The standard InChI is InChI=1S/C26H28BFN2O5/c1-25(2)26(3,4)35-27(34-25)18-13-17-20(14-19(18)30-12-6-7-21(30)31)33-23(22(17)24(32)29-5)15-8-10-16(28)11-9-15/h8-11,13-14H,6-7,12H2,1-5H3,(H,29,32). The number of furan rings is 1. The average Bonchev–Trinajstić information content (AvgIpc) is 3.45. The minimum absolute atomic E-state index is 0.0129. The zero-order valence-corrected chi connectivity index (χ0v) is 20.5. The highest BCUT2D eigenvalue weighted by Gasteiger charge is 2.53. The molecule has 7 nitrogen and oxygen atoms in total. The van der Waals surface area contributed by atoms with Crippen molar-refractivity contribution >= 4 is 41.1 Å². The van der Waals surface area contributed by atoms with Crippen molar-refractivity contribution in [1.29, 1.82) is 0 Å². The van der Waals surface area contributed by atoms with Crippen molar-refractivity contribution in [3.63, 3.8) is 0 Å². The summed E-state index contributed by atoms with van der Waals surface area (Å²) in [7, 11) is 0.802. The molecule has 0 aliphatic carbocycles. The Balaban J connectivity index is 1.75. The van der Waals surface area contributed by atoms with Crippen LogP contribution in [0.25, 0.3) is 22.3 Å². The van der Waals surface area contributed by atoms with Crippen molar-refractivity contribution in [1.82, 2.24) is 5.32 Å². The monoisotopic (exact) mass is 478 g/mol. The molecule has 2 fully saturated rings. The van der Waals surface area contributed by atoms with Gasteiger partial charge in [0, 0.05) is 48.2 Å². The lowest BCUT2D eigenvalue weighted by molar-refractivity contribution is -0.117. The number of hydrogen-bond donors (Lipinski definition) is 1. The van der Waals surface area contributed by atoms with Crippen LogP contribution in [-0.2, 0) is 14.1 Å². The largest absolute Gasteiger partial charge is 0.497 e. The van der Waals surface area contributed by atoms with Gasteiger partial charge in [-0.15, -0.1) is 0 Å². The quantitative estimate of drug-likeness (QED) is 0.573. The predicted molar refractivity (Wildman–Crippen MR) is 132 cm³/mol. The fraction of sp³-hybridized carbons (Fsp3) is 0.385. The van der Waals surface area contributed by atoms with Crippen molar-refractivity contribution in [3.05, 3.63) is 47.8 Å². The van der Waals surface area contributed by atoms with Crippen LogP contribution in [0.1, 0.15) is 50.9 Å². The highest BCUT2D eigenvalue weighted by Crippen LogP contribution is 2.40. The molecule has 35 heavy (non-hydrogen) atoms. The Kier molecular flexibility index (Phi) is 5.53. The first kappa shape index (κ1) is 23.6. The third-order valence-corrected chi connectivity index (χ3v) is 7.27. The number of benzene rings is 2. The van der Waals surface area contributed by atoms with Crippen molar-refractivity contribution < 1.29 is 27.7 Å². The number of rotatable bonds is 4. The zero-order chi connectivity index (χ0) is 25.1. The van der Waals surface area contributed by atoms with Gasteiger partial charge in [-0.1, -0.05) is 0 Å². The van der Waals surface area contributed by atoms with E-state index in [-0.39, 0.29) is 17.6 Å². The molecule has 1 aromatic heterocycles. The predicted octanol–water partition coefficient (Wildman–Crippen LogP) is 4.02. The minimum atomic E-state index is -0.741. The first-order valence-electron chi connectivity index (χ1n) is 11.8. The third kappa shape index (κ3) is 3.83. The topological polar surface area (TPSA) is 81.0 Å². The van der Waals surface area contributed by atoms with Crippen LogP contribution in [0.4, 0.5) is 10.1 Å². The van der Waals surface area contributed by atoms with E-state index in [4.69, 9.17) is 13.7 Å². The normalized spacial score (nSPS) is 19.1. The van der Waals surface area contributed by atoms with E-state index >= 15 is 0 Å². The smallest absolute Gasteiger partial charge is 0.455 e. The highest BCUT2D eigenvalue weighted by molar-refractivity contribution is 6.64. The molecule has 0 radical (unpaired) electrons. The molecule has 3 aromatic rings. The lowest BCUT2D eigenvalue weighted by Crippen LogP contribution is -2.41. The van der Waals surface area contributed by atoms with E-state index in [0.29, 0.717) is 52.0 Å². The van der Waals surface area contributed by atoms with E-state index in [1.165, 1.54) is 12.1 Å². The summed E-state index contributed by atoms with van der Waals surface area (Å²) >= 11 is 0. The molecular formula is C26H28BFN2O5. The Hall–Kier alpha value is -3.17. The molecule has 5 rings (SSSR count). The summed E-state index contributed by atoms with van der Waals surface area (Å²) < 4.78 is 32.4. The third-order valence-electron chi connectivity index (χ3n) is 7.27. The highest BCUT2D eigenvalue weighted by atomic mass is 19.1. The summed E-state index contributed by atoms with van der Waals surface area (Å²) in [5, 5.41) is 3.23. The second kappa shape index (κ2) is 8.21. The average molecular weight is 478 g/mol. The zero-order valence-electron chi connectivity index (χ0n) is 20.5. The van der Waals surface area contributed by atoms with Crippen LogP contribution in [0.3, 0.4) is 0 Å². The van der Waals surface area contributed by atoms with Gasteiger partial charge in [-0.25, -0.2) is 4.39 Å². The Labute approximate surface area is 203 Å². The van der Waals surface area contributed by atoms with Gasteiger partial charge in [-0.2, -0.15) is 0 Å². The second-order valence-corrected chi connectivity index (χ2v) is 10.0. The first-order chi connectivity index (χ1) is 16.5. The van der Waals surface area contributed by atoms with Gasteiger partial charge in [-0.05, 0) is 64.4 Å². The van der Waals surface area contributed by atoms with Crippen LogP contribution >= 0.6 is 0 Å². The van der Waals surface area contributed by atoms with E-state index in [1.54, 1.807) is 30.1 Å². The molecule has 0 atom stereocenters. The molecule has 2 aromatic carbocycles.